The summed E-state index contributed by atoms with van der Waals surface area (Å²) in [6.07, 6.45) is 0.334. The van der Waals surface area contributed by atoms with Crippen LogP contribution in [0.2, 0.25) is 0 Å². The number of benzene rings is 1. The molecule has 0 radical (unpaired) electrons. The predicted molar refractivity (Wildman–Crippen MR) is 135 cm³/mol. The van der Waals surface area contributed by atoms with Crippen molar-refractivity contribution in [2.75, 3.05) is 5.32 Å². The Morgan fingerprint density at radius 3 is 2.42 bits per heavy atom. The number of carboxylic acid groups (broad SMARTS) is 2. The van der Waals surface area contributed by atoms with Crippen molar-refractivity contribution in [3.63, 3.8) is 0 Å². The van der Waals surface area contributed by atoms with Crippen LogP contribution in [-0.2, 0) is 31.1 Å². The summed E-state index contributed by atoms with van der Waals surface area (Å²) in [5.41, 5.74) is -0.544. The van der Waals surface area contributed by atoms with E-state index in [1.165, 1.54) is 25.3 Å². The maximum absolute atomic E-state index is 13.2. The van der Waals surface area contributed by atoms with Crippen LogP contribution in [0.3, 0.4) is 0 Å². The van der Waals surface area contributed by atoms with E-state index in [0.717, 1.165) is 4.68 Å². The van der Waals surface area contributed by atoms with Crippen molar-refractivity contribution in [1.82, 2.24) is 20.3 Å². The first-order valence-electron chi connectivity index (χ1n) is 11.7. The number of hydrogen-bond acceptors (Lipinski definition) is 8. The highest BCUT2D eigenvalue weighted by Gasteiger charge is 2.36. The molecule has 1 aromatic carbocycles. The molecule has 13 nitrogen and oxygen atoms in total. The van der Waals surface area contributed by atoms with Gasteiger partial charge in [-0.2, -0.15) is 0 Å². The standard InChI is InChI=1S/C25H29N5O8/c1-12(2)25(5,27-14(4)31)20-11-30(29-28-20)18(10-22(34)35)23(36)26-15-6-7-16-13(3)17(9-21(32)33)24(37)38-19(16)8-15/h6-8,11-12,18H,9-10H2,1-5H3,(H,26,36)(H,27,31)(H,32,33)(H,34,35)/t18?,25-/m0/s1. The number of hydrogen-bond donors (Lipinski definition) is 4. The highest BCUT2D eigenvalue weighted by Crippen LogP contribution is 2.29. The number of amides is 2. The quantitative estimate of drug-likeness (QED) is 0.283. The number of aliphatic carboxylic acids is 2. The SMILES string of the molecule is CC(=O)N[C@](C)(c1cn(C(CC(=O)O)C(=O)Nc2ccc3c(C)c(CC(=O)O)c(=O)oc3c2)nn1)C(C)C. The molecule has 0 saturated carbocycles. The fourth-order valence-electron chi connectivity index (χ4n) is 4.06. The van der Waals surface area contributed by atoms with Gasteiger partial charge in [0.1, 0.15) is 17.3 Å². The van der Waals surface area contributed by atoms with Crippen LogP contribution in [-0.4, -0.2) is 49.0 Å². The van der Waals surface area contributed by atoms with Gasteiger partial charge in [0, 0.05) is 24.1 Å². The van der Waals surface area contributed by atoms with Gasteiger partial charge in [-0.3, -0.25) is 19.2 Å². The molecule has 0 spiro atoms. The van der Waals surface area contributed by atoms with Gasteiger partial charge in [-0.05, 0) is 37.5 Å². The fraction of sp³-hybridized carbons (Fsp3) is 0.400. The molecule has 2 aromatic heterocycles. The van der Waals surface area contributed by atoms with Gasteiger partial charge >= 0.3 is 17.6 Å². The Balaban J connectivity index is 1.94. The largest absolute Gasteiger partial charge is 0.481 e. The van der Waals surface area contributed by atoms with Crippen molar-refractivity contribution in [3.05, 3.63) is 51.6 Å². The number of nitrogens with zero attached hydrogens (tertiary/aromatic N) is 3. The van der Waals surface area contributed by atoms with Crippen molar-refractivity contribution in [2.24, 2.45) is 5.92 Å². The monoisotopic (exact) mass is 527 g/mol. The molecule has 0 aliphatic rings. The molecule has 0 fully saturated rings. The zero-order chi connectivity index (χ0) is 28.4. The second kappa shape index (κ2) is 10.8. The molecular weight excluding hydrogens is 498 g/mol. The van der Waals surface area contributed by atoms with Crippen molar-refractivity contribution in [2.45, 2.75) is 59.0 Å². The van der Waals surface area contributed by atoms with Crippen LogP contribution in [0.25, 0.3) is 11.0 Å². The zero-order valence-electron chi connectivity index (χ0n) is 21.6. The Morgan fingerprint density at radius 2 is 1.84 bits per heavy atom. The number of carbonyl (C=O) groups is 4. The minimum atomic E-state index is -1.29. The van der Waals surface area contributed by atoms with E-state index in [4.69, 9.17) is 9.52 Å². The Morgan fingerprint density at radius 1 is 1.16 bits per heavy atom. The Hall–Kier alpha value is -4.55. The lowest BCUT2D eigenvalue weighted by molar-refractivity contribution is -0.140. The first-order valence-corrected chi connectivity index (χ1v) is 11.7. The third-order valence-electron chi connectivity index (χ3n) is 6.51. The maximum atomic E-state index is 13.2. The first-order chi connectivity index (χ1) is 17.7. The van der Waals surface area contributed by atoms with Crippen LogP contribution in [0, 0.1) is 12.8 Å². The maximum Gasteiger partial charge on any atom is 0.340 e. The lowest BCUT2D eigenvalue weighted by atomic mass is 9.85. The molecule has 2 atom stereocenters. The first kappa shape index (κ1) is 28.0. The van der Waals surface area contributed by atoms with Crippen molar-refractivity contribution >= 4 is 40.4 Å². The van der Waals surface area contributed by atoms with E-state index < -0.39 is 47.9 Å². The number of carbonyl (C=O) groups excluding carboxylic acids is 2. The number of carboxylic acids is 2. The Kier molecular flexibility index (Phi) is 7.98. The van der Waals surface area contributed by atoms with E-state index in [0.29, 0.717) is 16.6 Å². The second-order valence-electron chi connectivity index (χ2n) is 9.50. The van der Waals surface area contributed by atoms with Gasteiger partial charge in [-0.15, -0.1) is 5.10 Å². The molecule has 3 aromatic rings. The van der Waals surface area contributed by atoms with E-state index in [1.807, 2.05) is 13.8 Å². The van der Waals surface area contributed by atoms with Crippen molar-refractivity contribution in [3.8, 4) is 0 Å². The summed E-state index contributed by atoms with van der Waals surface area (Å²) < 4.78 is 6.40. The molecule has 1 unspecified atom stereocenters. The van der Waals surface area contributed by atoms with Gasteiger partial charge in [0.2, 0.25) is 11.8 Å². The van der Waals surface area contributed by atoms with E-state index in [1.54, 1.807) is 19.9 Å². The number of anilines is 1. The average molecular weight is 528 g/mol. The summed E-state index contributed by atoms with van der Waals surface area (Å²) in [5.74, 6) is -3.52. The third-order valence-corrected chi connectivity index (χ3v) is 6.51. The van der Waals surface area contributed by atoms with Gasteiger partial charge in [0.15, 0.2) is 0 Å². The summed E-state index contributed by atoms with van der Waals surface area (Å²) in [7, 11) is 0. The lowest BCUT2D eigenvalue weighted by Crippen LogP contribution is -2.46. The molecule has 38 heavy (non-hydrogen) atoms. The van der Waals surface area contributed by atoms with Gasteiger partial charge in [0.25, 0.3) is 0 Å². The van der Waals surface area contributed by atoms with Crippen LogP contribution in [0.1, 0.15) is 57.0 Å². The van der Waals surface area contributed by atoms with E-state index in [9.17, 15) is 29.1 Å². The number of fused-ring (bicyclic) bond motifs is 1. The van der Waals surface area contributed by atoms with Crippen LogP contribution < -0.4 is 16.3 Å². The normalized spacial score (nSPS) is 13.6. The summed E-state index contributed by atoms with van der Waals surface area (Å²) in [6.45, 7) is 8.48. The molecule has 13 heteroatoms. The molecule has 0 aliphatic heterocycles. The highest BCUT2D eigenvalue weighted by molar-refractivity contribution is 5.97. The molecule has 3 rings (SSSR count). The van der Waals surface area contributed by atoms with Gasteiger partial charge in [-0.1, -0.05) is 19.1 Å². The molecule has 4 N–H and O–H groups in total. The third kappa shape index (κ3) is 5.88. The van der Waals surface area contributed by atoms with Crippen LogP contribution >= 0.6 is 0 Å². The minimum Gasteiger partial charge on any atom is -0.481 e. The highest BCUT2D eigenvalue weighted by atomic mass is 16.4. The molecule has 202 valence electrons. The summed E-state index contributed by atoms with van der Waals surface area (Å²) in [6, 6.07) is 3.19. The summed E-state index contributed by atoms with van der Waals surface area (Å²) >= 11 is 0. The molecular formula is C25H29N5O8. The van der Waals surface area contributed by atoms with E-state index >= 15 is 0 Å². The van der Waals surface area contributed by atoms with Crippen molar-refractivity contribution in [1.29, 1.82) is 0 Å². The fourth-order valence-corrected chi connectivity index (χ4v) is 4.06. The van der Waals surface area contributed by atoms with Gasteiger partial charge < -0.3 is 25.3 Å². The predicted octanol–water partition coefficient (Wildman–Crippen LogP) is 1.98. The molecule has 0 saturated heterocycles. The lowest BCUT2D eigenvalue weighted by Gasteiger charge is -2.32. The Bertz CT molecular complexity index is 1470. The van der Waals surface area contributed by atoms with Crippen LogP contribution in [0.4, 0.5) is 5.69 Å². The van der Waals surface area contributed by atoms with Crippen LogP contribution in [0.5, 0.6) is 0 Å². The van der Waals surface area contributed by atoms with E-state index in [-0.39, 0.29) is 28.7 Å². The smallest absolute Gasteiger partial charge is 0.340 e. The minimum absolute atomic E-state index is 0.0259. The molecule has 2 heterocycles. The van der Waals surface area contributed by atoms with Gasteiger partial charge in [0.05, 0.1) is 30.1 Å². The average Bonchev–Trinajstić information content (AvgIpc) is 3.29. The number of aromatic nitrogens is 3. The van der Waals surface area contributed by atoms with Crippen LogP contribution in [0.15, 0.2) is 33.6 Å². The second-order valence-corrected chi connectivity index (χ2v) is 9.50. The number of nitrogens with one attached hydrogen (secondary N) is 2. The topological polar surface area (TPSA) is 194 Å². The van der Waals surface area contributed by atoms with Gasteiger partial charge in [-0.25, -0.2) is 9.48 Å². The number of rotatable bonds is 10. The summed E-state index contributed by atoms with van der Waals surface area (Å²) in [5, 5.41) is 32.5. The van der Waals surface area contributed by atoms with E-state index in [2.05, 4.69) is 20.9 Å². The Labute approximate surface area is 216 Å². The molecule has 2 amide bonds. The molecule has 0 bridgehead atoms. The van der Waals surface area contributed by atoms with Crippen molar-refractivity contribution < 1.29 is 33.8 Å². The zero-order valence-corrected chi connectivity index (χ0v) is 21.6. The summed E-state index contributed by atoms with van der Waals surface area (Å²) in [4.78, 5) is 59.9. The number of aryl methyl sites for hydroxylation is 1. The molecule has 0 aliphatic carbocycles.